The van der Waals surface area contributed by atoms with Crippen LogP contribution in [-0.2, 0) is 11.3 Å². The van der Waals surface area contributed by atoms with Crippen LogP contribution in [0.5, 0.6) is 0 Å². The van der Waals surface area contributed by atoms with Crippen LogP contribution in [0.4, 0.5) is 4.79 Å². The molecular weight excluding hydrogens is 376 g/mol. The van der Waals surface area contributed by atoms with Crippen molar-refractivity contribution in [2.45, 2.75) is 44.7 Å². The third-order valence-electron chi connectivity index (χ3n) is 6.91. The number of imide groups is 1. The normalized spacial score (nSPS) is 33.4. The molecule has 2 heterocycles. The fourth-order valence-corrected chi connectivity index (χ4v) is 5.17. The van der Waals surface area contributed by atoms with Crippen LogP contribution in [0.25, 0.3) is 0 Å². The Morgan fingerprint density at radius 2 is 1.79 bits per heavy atom. The summed E-state index contributed by atoms with van der Waals surface area (Å²) in [6.07, 6.45) is 3.96. The van der Waals surface area contributed by atoms with E-state index in [1.165, 1.54) is 15.4 Å². The number of benzene rings is 1. The standard InChI is InChI=1S/C21H29ClN4O2/c1-16-4-2-3-9-21(16)19(27)26(20(28)23-21)15-25-12-10-24(11-13-25)14-17-5-7-18(22)8-6-17/h5-8,16H,2-4,9-15H2,1H3,(H,23,28)/p+2/t16-,21+/m0/s1. The van der Waals surface area contributed by atoms with Crippen LogP contribution in [0.2, 0.25) is 5.02 Å². The Balaban J connectivity index is 1.31. The number of quaternary nitrogens is 2. The van der Waals surface area contributed by atoms with Crippen molar-refractivity contribution in [2.75, 3.05) is 32.8 Å². The Kier molecular flexibility index (Phi) is 5.63. The van der Waals surface area contributed by atoms with E-state index in [0.717, 1.165) is 63.4 Å². The molecule has 0 bridgehead atoms. The maximum Gasteiger partial charge on any atom is 0.329 e. The summed E-state index contributed by atoms with van der Waals surface area (Å²) in [5.74, 6) is 0.228. The van der Waals surface area contributed by atoms with Crippen molar-refractivity contribution in [3.63, 3.8) is 0 Å². The number of hydrogen-bond acceptors (Lipinski definition) is 2. The average Bonchev–Trinajstić information content (AvgIpc) is 2.92. The van der Waals surface area contributed by atoms with Gasteiger partial charge in [0.2, 0.25) is 0 Å². The van der Waals surface area contributed by atoms with Gasteiger partial charge in [-0.25, -0.2) is 9.69 Å². The van der Waals surface area contributed by atoms with Gasteiger partial charge in [-0.1, -0.05) is 43.5 Å². The van der Waals surface area contributed by atoms with Crippen molar-refractivity contribution < 1.29 is 19.4 Å². The van der Waals surface area contributed by atoms with Crippen molar-refractivity contribution in [2.24, 2.45) is 5.92 Å². The number of amides is 3. The van der Waals surface area contributed by atoms with Crippen LogP contribution in [0.3, 0.4) is 0 Å². The Morgan fingerprint density at radius 1 is 1.11 bits per heavy atom. The lowest BCUT2D eigenvalue weighted by atomic mass is 9.73. The number of urea groups is 1. The van der Waals surface area contributed by atoms with Gasteiger partial charge in [0.15, 0.2) is 6.67 Å². The van der Waals surface area contributed by atoms with E-state index in [2.05, 4.69) is 24.4 Å². The first-order chi connectivity index (χ1) is 13.5. The summed E-state index contributed by atoms with van der Waals surface area (Å²) >= 11 is 5.97. The summed E-state index contributed by atoms with van der Waals surface area (Å²) in [5.41, 5.74) is 0.654. The number of carbonyl (C=O) groups is 2. The monoisotopic (exact) mass is 406 g/mol. The molecule has 4 rings (SSSR count). The van der Waals surface area contributed by atoms with Gasteiger partial charge in [-0.2, -0.15) is 0 Å². The first-order valence-electron chi connectivity index (χ1n) is 10.5. The van der Waals surface area contributed by atoms with Crippen molar-refractivity contribution >= 4 is 23.5 Å². The summed E-state index contributed by atoms with van der Waals surface area (Å²) in [6.45, 7) is 7.63. The SMILES string of the molecule is C[C@H]1CCCC[C@@]12NC(=O)N(C[NH+]1CC[NH+](Cc3ccc(Cl)cc3)CC1)C2=O. The highest BCUT2D eigenvalue weighted by atomic mass is 35.5. The Labute approximate surface area is 171 Å². The second-order valence-corrected chi connectivity index (χ2v) is 9.18. The zero-order chi connectivity index (χ0) is 19.7. The van der Waals surface area contributed by atoms with E-state index in [1.54, 1.807) is 4.90 Å². The number of carbonyl (C=O) groups excluding carboxylic acids is 2. The van der Waals surface area contributed by atoms with Gasteiger partial charge in [0, 0.05) is 10.6 Å². The fourth-order valence-electron chi connectivity index (χ4n) is 5.05. The van der Waals surface area contributed by atoms with Crippen LogP contribution in [0.15, 0.2) is 24.3 Å². The summed E-state index contributed by atoms with van der Waals surface area (Å²) in [5, 5.41) is 3.83. The zero-order valence-corrected chi connectivity index (χ0v) is 17.4. The molecular formula is C21H31ClN4O2+2. The van der Waals surface area contributed by atoms with Crippen molar-refractivity contribution in [3.05, 3.63) is 34.9 Å². The lowest BCUT2D eigenvalue weighted by Crippen LogP contribution is -3.28. The molecule has 0 aromatic heterocycles. The van der Waals surface area contributed by atoms with Crippen LogP contribution in [-0.4, -0.2) is 55.2 Å². The quantitative estimate of drug-likeness (QED) is 0.620. The van der Waals surface area contributed by atoms with Gasteiger partial charge in [0.25, 0.3) is 5.91 Å². The number of halogens is 1. The minimum atomic E-state index is -0.642. The molecule has 3 N–H and O–H groups in total. The Morgan fingerprint density at radius 3 is 2.46 bits per heavy atom. The predicted molar refractivity (Wildman–Crippen MR) is 107 cm³/mol. The van der Waals surface area contributed by atoms with Gasteiger partial charge in [0.1, 0.15) is 38.3 Å². The molecule has 1 spiro atoms. The highest BCUT2D eigenvalue weighted by Gasteiger charge is 2.55. The van der Waals surface area contributed by atoms with Crippen LogP contribution >= 0.6 is 11.6 Å². The first-order valence-corrected chi connectivity index (χ1v) is 10.9. The van der Waals surface area contributed by atoms with E-state index in [0.29, 0.717) is 6.67 Å². The van der Waals surface area contributed by atoms with Crippen LogP contribution in [0, 0.1) is 5.92 Å². The molecule has 0 unspecified atom stereocenters. The van der Waals surface area contributed by atoms with Crippen molar-refractivity contribution in [1.82, 2.24) is 10.2 Å². The largest absolute Gasteiger partial charge is 0.329 e. The predicted octanol–water partition coefficient (Wildman–Crippen LogP) is 0.0816. The van der Waals surface area contributed by atoms with E-state index in [-0.39, 0.29) is 17.9 Å². The van der Waals surface area contributed by atoms with E-state index in [4.69, 9.17) is 11.6 Å². The first kappa shape index (κ1) is 19.7. The average molecular weight is 407 g/mol. The fraction of sp³-hybridized carbons (Fsp3) is 0.619. The summed E-state index contributed by atoms with van der Waals surface area (Å²) in [6, 6.07) is 7.87. The van der Waals surface area contributed by atoms with Crippen molar-refractivity contribution in [1.29, 1.82) is 0 Å². The van der Waals surface area contributed by atoms with Gasteiger partial charge in [-0.05, 0) is 30.9 Å². The summed E-state index contributed by atoms with van der Waals surface area (Å²) in [4.78, 5) is 30.1. The summed E-state index contributed by atoms with van der Waals surface area (Å²) < 4.78 is 0. The molecule has 2 aliphatic heterocycles. The maximum atomic E-state index is 13.1. The number of hydrogen-bond donors (Lipinski definition) is 3. The van der Waals surface area contributed by atoms with Gasteiger partial charge >= 0.3 is 6.03 Å². The molecule has 2 atom stereocenters. The van der Waals surface area contributed by atoms with E-state index < -0.39 is 5.54 Å². The van der Waals surface area contributed by atoms with Crippen LogP contribution < -0.4 is 15.1 Å². The third-order valence-corrected chi connectivity index (χ3v) is 7.17. The highest BCUT2D eigenvalue weighted by Crippen LogP contribution is 2.37. The molecule has 1 aliphatic carbocycles. The second kappa shape index (κ2) is 8.01. The maximum absolute atomic E-state index is 13.1. The number of piperazine rings is 1. The van der Waals surface area contributed by atoms with E-state index in [1.807, 2.05) is 12.1 Å². The molecule has 3 aliphatic rings. The van der Waals surface area contributed by atoms with E-state index in [9.17, 15) is 9.59 Å². The number of nitrogens with one attached hydrogen (secondary N) is 3. The van der Waals surface area contributed by atoms with Crippen molar-refractivity contribution in [3.8, 4) is 0 Å². The second-order valence-electron chi connectivity index (χ2n) is 8.74. The smallest absolute Gasteiger partial charge is 0.323 e. The molecule has 28 heavy (non-hydrogen) atoms. The molecule has 2 saturated heterocycles. The number of rotatable bonds is 4. The topological polar surface area (TPSA) is 58.3 Å². The molecule has 1 saturated carbocycles. The van der Waals surface area contributed by atoms with Gasteiger partial charge in [-0.3, -0.25) is 4.79 Å². The molecule has 1 aromatic carbocycles. The highest BCUT2D eigenvalue weighted by molar-refractivity contribution is 6.30. The zero-order valence-electron chi connectivity index (χ0n) is 16.6. The molecule has 7 heteroatoms. The lowest BCUT2D eigenvalue weighted by Gasteiger charge is -2.37. The lowest BCUT2D eigenvalue weighted by molar-refractivity contribution is -1.02. The van der Waals surface area contributed by atoms with Gasteiger partial charge in [0.05, 0.1) is 0 Å². The third kappa shape index (κ3) is 3.78. The number of nitrogens with zero attached hydrogens (tertiary/aromatic N) is 1. The molecule has 6 nitrogen and oxygen atoms in total. The van der Waals surface area contributed by atoms with Gasteiger partial charge in [-0.15, -0.1) is 0 Å². The van der Waals surface area contributed by atoms with Gasteiger partial charge < -0.3 is 15.1 Å². The molecule has 3 amide bonds. The molecule has 1 aromatic rings. The Hall–Kier alpha value is -1.63. The molecule has 0 radical (unpaired) electrons. The minimum Gasteiger partial charge on any atom is -0.323 e. The molecule has 152 valence electrons. The molecule has 3 fully saturated rings. The minimum absolute atomic E-state index is 0.00754. The summed E-state index contributed by atoms with van der Waals surface area (Å²) in [7, 11) is 0. The Bertz CT molecular complexity index is 732. The van der Waals surface area contributed by atoms with Crippen LogP contribution in [0.1, 0.15) is 38.2 Å². The van der Waals surface area contributed by atoms with E-state index >= 15 is 0 Å².